The van der Waals surface area contributed by atoms with E-state index in [0.717, 1.165) is 0 Å². The standard InChI is InChI=1S/C2H3N3.Na/c1-3-2-5-4-1;/h1-2H,(H,3,4,5);/q;+1. The zero-order valence-electron chi connectivity index (χ0n) is 3.55. The Kier molecular flexibility index (Phi) is 3.41. The molecule has 1 aromatic heterocycles. The Balaban J connectivity index is 0.000000250. The Morgan fingerprint density at radius 3 is 2.50 bits per heavy atom. The second-order valence-corrected chi connectivity index (χ2v) is 0.652. The van der Waals surface area contributed by atoms with Crippen molar-refractivity contribution >= 4 is 0 Å². The monoisotopic (exact) mass is 92.0 g/mol. The summed E-state index contributed by atoms with van der Waals surface area (Å²) in [6.45, 7) is 0. The number of aromatic amines is 1. The predicted molar refractivity (Wildman–Crippen MR) is 16.4 cm³/mol. The first-order valence-electron chi connectivity index (χ1n) is 1.29. The van der Waals surface area contributed by atoms with E-state index in [1.807, 2.05) is 0 Å². The van der Waals surface area contributed by atoms with Crippen molar-refractivity contribution in [3.8, 4) is 0 Å². The van der Waals surface area contributed by atoms with Crippen LogP contribution in [0.5, 0.6) is 0 Å². The van der Waals surface area contributed by atoms with Gasteiger partial charge in [0.25, 0.3) is 0 Å². The molecule has 1 heterocycles. The van der Waals surface area contributed by atoms with E-state index in [0.29, 0.717) is 0 Å². The van der Waals surface area contributed by atoms with Crippen LogP contribution in [-0.4, -0.2) is 15.2 Å². The molecule has 3 nitrogen and oxygen atoms in total. The summed E-state index contributed by atoms with van der Waals surface area (Å²) >= 11 is 0. The molecule has 0 unspecified atom stereocenters. The number of nitrogens with zero attached hydrogens (tertiary/aromatic N) is 2. The van der Waals surface area contributed by atoms with Gasteiger partial charge in [0, 0.05) is 0 Å². The number of H-pyrrole nitrogens is 1. The van der Waals surface area contributed by atoms with Crippen molar-refractivity contribution in [2.75, 3.05) is 0 Å². The normalized spacial score (nSPS) is 6.67. The molecule has 6 heavy (non-hydrogen) atoms. The maximum absolute atomic E-state index is 3.56. The first-order valence-corrected chi connectivity index (χ1v) is 1.29. The number of rotatable bonds is 0. The molecule has 0 aliphatic rings. The minimum absolute atomic E-state index is 0. The fourth-order valence-electron chi connectivity index (χ4n) is 0.167. The summed E-state index contributed by atoms with van der Waals surface area (Å²) in [6, 6.07) is 0. The molecule has 1 rings (SSSR count). The van der Waals surface area contributed by atoms with Crippen molar-refractivity contribution < 1.29 is 29.6 Å². The molecule has 26 valence electrons. The number of nitrogens with one attached hydrogen (secondary N) is 1. The molecule has 0 saturated carbocycles. The van der Waals surface area contributed by atoms with E-state index in [4.69, 9.17) is 0 Å². The van der Waals surface area contributed by atoms with Gasteiger partial charge < -0.3 is 0 Å². The summed E-state index contributed by atoms with van der Waals surface area (Å²) in [7, 11) is 0. The van der Waals surface area contributed by atoms with Crippen LogP contribution in [0, 0.1) is 0 Å². The van der Waals surface area contributed by atoms with Crippen molar-refractivity contribution in [2.45, 2.75) is 0 Å². The predicted octanol–water partition coefficient (Wildman–Crippen LogP) is -3.19. The van der Waals surface area contributed by atoms with E-state index >= 15 is 0 Å². The van der Waals surface area contributed by atoms with E-state index in [1.165, 1.54) is 12.7 Å². The van der Waals surface area contributed by atoms with Gasteiger partial charge in [-0.1, -0.05) is 0 Å². The topological polar surface area (TPSA) is 41.6 Å². The maximum Gasteiger partial charge on any atom is 1.00 e. The molecule has 0 saturated heterocycles. The quantitative estimate of drug-likeness (QED) is 0.342. The van der Waals surface area contributed by atoms with E-state index in [-0.39, 0.29) is 29.6 Å². The van der Waals surface area contributed by atoms with E-state index < -0.39 is 0 Å². The molecule has 0 aromatic carbocycles. The summed E-state index contributed by atoms with van der Waals surface area (Å²) in [6.07, 6.45) is 2.96. The Labute approximate surface area is 57.5 Å². The van der Waals surface area contributed by atoms with Gasteiger partial charge in [-0.05, 0) is 0 Å². The number of aromatic nitrogens is 3. The molecule has 1 aromatic rings. The third kappa shape index (κ3) is 1.55. The zero-order valence-corrected chi connectivity index (χ0v) is 5.55. The average Bonchev–Trinajstić information content (AvgIpc) is 1.76. The van der Waals surface area contributed by atoms with Crippen LogP contribution >= 0.6 is 0 Å². The van der Waals surface area contributed by atoms with Gasteiger partial charge in [0.2, 0.25) is 0 Å². The number of hydrogen-bond donors (Lipinski definition) is 1. The smallest absolute Gasteiger partial charge is 0.266 e. The Morgan fingerprint density at radius 1 is 1.50 bits per heavy atom. The molecule has 0 fully saturated rings. The molecule has 0 aliphatic heterocycles. The molecule has 1 N–H and O–H groups in total. The van der Waals surface area contributed by atoms with Crippen LogP contribution in [0.2, 0.25) is 0 Å². The SMILES string of the molecule is [Na+].c1nc[nH]n1. The third-order valence-corrected chi connectivity index (χ3v) is 0.331. The minimum atomic E-state index is 0. The molecular weight excluding hydrogens is 89.0 g/mol. The van der Waals surface area contributed by atoms with Gasteiger partial charge in [-0.15, -0.1) is 0 Å². The van der Waals surface area contributed by atoms with E-state index in [1.54, 1.807) is 0 Å². The number of hydrogen-bond acceptors (Lipinski definition) is 2. The first kappa shape index (κ1) is 6.14. The molecule has 0 radical (unpaired) electrons. The fourth-order valence-corrected chi connectivity index (χ4v) is 0.167. The molecular formula is C2H3N3Na+. The molecule has 4 heteroatoms. The second-order valence-electron chi connectivity index (χ2n) is 0.652. The van der Waals surface area contributed by atoms with Crippen molar-refractivity contribution in [3.05, 3.63) is 12.7 Å². The van der Waals surface area contributed by atoms with Crippen molar-refractivity contribution in [1.29, 1.82) is 0 Å². The van der Waals surface area contributed by atoms with E-state index in [2.05, 4.69) is 15.2 Å². The van der Waals surface area contributed by atoms with Gasteiger partial charge in [0.15, 0.2) is 0 Å². The average molecular weight is 92.1 g/mol. The maximum atomic E-state index is 3.56. The molecule has 0 atom stereocenters. The summed E-state index contributed by atoms with van der Waals surface area (Å²) in [5.74, 6) is 0. The van der Waals surface area contributed by atoms with Crippen LogP contribution in [0.3, 0.4) is 0 Å². The summed E-state index contributed by atoms with van der Waals surface area (Å²) < 4.78 is 0. The van der Waals surface area contributed by atoms with Crippen LogP contribution in [0.1, 0.15) is 0 Å². The Hall–Kier alpha value is 0.140. The molecule has 0 bridgehead atoms. The van der Waals surface area contributed by atoms with Gasteiger partial charge in [-0.2, -0.15) is 5.10 Å². The summed E-state index contributed by atoms with van der Waals surface area (Å²) in [4.78, 5) is 3.56. The molecule has 0 amide bonds. The van der Waals surface area contributed by atoms with Crippen molar-refractivity contribution in [2.24, 2.45) is 0 Å². The minimum Gasteiger partial charge on any atom is -0.266 e. The van der Waals surface area contributed by atoms with Gasteiger partial charge in [-0.25, -0.2) is 4.98 Å². The van der Waals surface area contributed by atoms with Crippen molar-refractivity contribution in [1.82, 2.24) is 15.2 Å². The first-order chi connectivity index (χ1) is 2.50. The van der Waals surface area contributed by atoms with Crippen LogP contribution in [-0.2, 0) is 0 Å². The van der Waals surface area contributed by atoms with Crippen molar-refractivity contribution in [3.63, 3.8) is 0 Å². The van der Waals surface area contributed by atoms with Crippen LogP contribution in [0.15, 0.2) is 12.7 Å². The van der Waals surface area contributed by atoms with Crippen LogP contribution < -0.4 is 29.6 Å². The molecule has 0 spiro atoms. The van der Waals surface area contributed by atoms with Gasteiger partial charge in [0.05, 0.1) is 0 Å². The van der Waals surface area contributed by atoms with Gasteiger partial charge in [-0.3, -0.25) is 5.10 Å². The van der Waals surface area contributed by atoms with Crippen LogP contribution in [0.25, 0.3) is 0 Å². The largest absolute Gasteiger partial charge is 1.00 e. The Morgan fingerprint density at radius 2 is 2.33 bits per heavy atom. The Bertz CT molecular complexity index is 65.3. The van der Waals surface area contributed by atoms with Gasteiger partial charge >= 0.3 is 29.6 Å². The second kappa shape index (κ2) is 3.33. The fraction of sp³-hybridized carbons (Fsp3) is 0. The molecule has 0 aliphatic carbocycles. The third-order valence-electron chi connectivity index (χ3n) is 0.331. The zero-order chi connectivity index (χ0) is 3.54. The van der Waals surface area contributed by atoms with E-state index in [9.17, 15) is 0 Å². The van der Waals surface area contributed by atoms with Crippen LogP contribution in [0.4, 0.5) is 0 Å². The summed E-state index contributed by atoms with van der Waals surface area (Å²) in [5.41, 5.74) is 0. The summed E-state index contributed by atoms with van der Waals surface area (Å²) in [5, 5.41) is 5.99. The van der Waals surface area contributed by atoms with Gasteiger partial charge in [0.1, 0.15) is 12.7 Å².